The molecule has 1 saturated heterocycles. The minimum absolute atomic E-state index is 0.201. The number of rotatable bonds is 4. The van der Waals surface area contributed by atoms with Crippen molar-refractivity contribution >= 4 is 21.6 Å². The Bertz CT molecular complexity index is 885. The summed E-state index contributed by atoms with van der Waals surface area (Å²) in [6.45, 7) is 6.19. The predicted molar refractivity (Wildman–Crippen MR) is 98.2 cm³/mol. The predicted octanol–water partition coefficient (Wildman–Crippen LogP) is 2.70. The molecule has 3 rings (SSSR count). The molecule has 132 valence electrons. The van der Waals surface area contributed by atoms with E-state index in [9.17, 15) is 13.2 Å². The van der Waals surface area contributed by atoms with Crippen molar-refractivity contribution in [2.24, 2.45) is 0 Å². The Kier molecular flexibility index (Phi) is 4.67. The fourth-order valence-electron chi connectivity index (χ4n) is 3.11. The molecule has 0 radical (unpaired) electrons. The zero-order valence-corrected chi connectivity index (χ0v) is 15.4. The highest BCUT2D eigenvalue weighted by Crippen LogP contribution is 2.23. The molecule has 0 saturated carbocycles. The summed E-state index contributed by atoms with van der Waals surface area (Å²) in [5.74, 6) is -0.211. The lowest BCUT2D eigenvalue weighted by Crippen LogP contribution is -2.41. The van der Waals surface area contributed by atoms with Crippen LogP contribution >= 0.6 is 0 Å². The smallest absolute Gasteiger partial charge is 0.245 e. The Hall–Kier alpha value is -2.18. The normalized spacial score (nSPS) is 18.0. The quantitative estimate of drug-likeness (QED) is 0.914. The molecule has 1 aliphatic heterocycles. The van der Waals surface area contributed by atoms with E-state index in [-0.39, 0.29) is 10.8 Å². The zero-order valence-electron chi connectivity index (χ0n) is 14.6. The van der Waals surface area contributed by atoms with E-state index in [2.05, 4.69) is 4.72 Å². The molecule has 1 amide bonds. The van der Waals surface area contributed by atoms with Crippen molar-refractivity contribution < 1.29 is 13.2 Å². The van der Waals surface area contributed by atoms with Gasteiger partial charge in [0.25, 0.3) is 0 Å². The molecule has 0 spiro atoms. The van der Waals surface area contributed by atoms with Gasteiger partial charge in [0.15, 0.2) is 0 Å². The number of carbonyl (C=O) groups excluding carboxylic acids is 1. The summed E-state index contributed by atoms with van der Waals surface area (Å²) in [5, 5.41) is 0. The first kappa shape index (κ1) is 17.6. The molecule has 2 aromatic rings. The van der Waals surface area contributed by atoms with Crippen LogP contribution in [0.1, 0.15) is 23.1 Å². The van der Waals surface area contributed by atoms with Crippen molar-refractivity contribution in [2.75, 3.05) is 11.4 Å². The lowest BCUT2D eigenvalue weighted by atomic mass is 10.2. The number of anilines is 1. The largest absolute Gasteiger partial charge is 0.311 e. The third-order valence-electron chi connectivity index (χ3n) is 4.35. The molecule has 1 fully saturated rings. The summed E-state index contributed by atoms with van der Waals surface area (Å²) in [7, 11) is -3.73. The van der Waals surface area contributed by atoms with Crippen LogP contribution in [0.3, 0.4) is 0 Å². The van der Waals surface area contributed by atoms with Gasteiger partial charge >= 0.3 is 0 Å². The maximum absolute atomic E-state index is 12.6. The molecule has 0 aliphatic carbocycles. The van der Waals surface area contributed by atoms with E-state index in [1.54, 1.807) is 17.0 Å². The van der Waals surface area contributed by atoms with Crippen LogP contribution in [0, 0.1) is 20.8 Å². The van der Waals surface area contributed by atoms with E-state index >= 15 is 0 Å². The highest BCUT2D eigenvalue weighted by molar-refractivity contribution is 7.89. The Balaban J connectivity index is 1.79. The second-order valence-corrected chi connectivity index (χ2v) is 8.33. The van der Waals surface area contributed by atoms with E-state index in [1.165, 1.54) is 0 Å². The number of amides is 1. The molecule has 5 nitrogen and oxygen atoms in total. The maximum atomic E-state index is 12.6. The highest BCUT2D eigenvalue weighted by Gasteiger charge is 2.35. The number of nitrogens with zero attached hydrogens (tertiary/aromatic N) is 1. The SMILES string of the molecule is Cc1ccc(N2CC[C@@H](NS(=O)(=O)c3cc(C)cc(C)c3)C2=O)cc1. The summed E-state index contributed by atoms with van der Waals surface area (Å²) in [6.07, 6.45) is 0.455. The van der Waals surface area contributed by atoms with Crippen molar-refractivity contribution in [3.63, 3.8) is 0 Å². The van der Waals surface area contributed by atoms with E-state index in [1.807, 2.05) is 51.1 Å². The Morgan fingerprint density at radius 2 is 1.56 bits per heavy atom. The summed E-state index contributed by atoms with van der Waals surface area (Å²) < 4.78 is 27.9. The van der Waals surface area contributed by atoms with Gasteiger partial charge in [-0.3, -0.25) is 4.79 Å². The molecular weight excluding hydrogens is 336 g/mol. The van der Waals surface area contributed by atoms with Crippen LogP contribution in [0.5, 0.6) is 0 Å². The minimum atomic E-state index is -3.73. The van der Waals surface area contributed by atoms with Gasteiger partial charge in [0.1, 0.15) is 6.04 Å². The molecule has 0 aromatic heterocycles. The van der Waals surface area contributed by atoms with Crippen LogP contribution in [-0.2, 0) is 14.8 Å². The van der Waals surface area contributed by atoms with Crippen LogP contribution in [0.2, 0.25) is 0 Å². The summed E-state index contributed by atoms with van der Waals surface area (Å²) in [5.41, 5.74) is 3.66. The van der Waals surface area contributed by atoms with Gasteiger partial charge in [-0.25, -0.2) is 8.42 Å². The van der Waals surface area contributed by atoms with Crippen molar-refractivity contribution in [2.45, 2.75) is 38.1 Å². The van der Waals surface area contributed by atoms with Crippen molar-refractivity contribution in [1.82, 2.24) is 4.72 Å². The standard InChI is InChI=1S/C19H22N2O3S/c1-13-4-6-16(7-5-13)21-9-8-18(19(21)22)20-25(23,24)17-11-14(2)10-15(3)12-17/h4-7,10-12,18,20H,8-9H2,1-3H3/t18-/m1/s1. The maximum Gasteiger partial charge on any atom is 0.245 e. The first-order valence-electron chi connectivity index (χ1n) is 8.25. The Morgan fingerprint density at radius 3 is 2.16 bits per heavy atom. The van der Waals surface area contributed by atoms with Crippen molar-refractivity contribution in [3.05, 3.63) is 59.2 Å². The zero-order chi connectivity index (χ0) is 18.2. The molecule has 1 heterocycles. The number of hydrogen-bond donors (Lipinski definition) is 1. The van der Waals surface area contributed by atoms with E-state index < -0.39 is 16.1 Å². The van der Waals surface area contributed by atoms with Crippen LogP contribution in [0.25, 0.3) is 0 Å². The average molecular weight is 358 g/mol. The fraction of sp³-hybridized carbons (Fsp3) is 0.316. The Morgan fingerprint density at radius 1 is 0.960 bits per heavy atom. The monoisotopic (exact) mass is 358 g/mol. The lowest BCUT2D eigenvalue weighted by molar-refractivity contribution is -0.118. The average Bonchev–Trinajstić information content (AvgIpc) is 2.88. The minimum Gasteiger partial charge on any atom is -0.311 e. The van der Waals surface area contributed by atoms with Gasteiger partial charge in [-0.2, -0.15) is 4.72 Å². The molecule has 2 aromatic carbocycles. The number of aryl methyl sites for hydroxylation is 3. The third kappa shape index (κ3) is 3.75. The number of sulfonamides is 1. The van der Waals surface area contributed by atoms with E-state index in [0.717, 1.165) is 22.4 Å². The van der Waals surface area contributed by atoms with Crippen LogP contribution in [0.4, 0.5) is 5.69 Å². The van der Waals surface area contributed by atoms with E-state index in [4.69, 9.17) is 0 Å². The highest BCUT2D eigenvalue weighted by atomic mass is 32.2. The third-order valence-corrected chi connectivity index (χ3v) is 5.81. The molecule has 0 unspecified atom stereocenters. The first-order valence-corrected chi connectivity index (χ1v) is 9.73. The molecule has 6 heteroatoms. The Labute approximate surface area is 148 Å². The van der Waals surface area contributed by atoms with Crippen molar-refractivity contribution in [3.8, 4) is 0 Å². The second kappa shape index (κ2) is 6.61. The van der Waals surface area contributed by atoms with Crippen LogP contribution < -0.4 is 9.62 Å². The number of benzene rings is 2. The lowest BCUT2D eigenvalue weighted by Gasteiger charge is -2.17. The van der Waals surface area contributed by atoms with Gasteiger partial charge in [0.2, 0.25) is 15.9 Å². The van der Waals surface area contributed by atoms with Gasteiger partial charge in [-0.15, -0.1) is 0 Å². The summed E-state index contributed by atoms with van der Waals surface area (Å²) in [4.78, 5) is 14.5. The molecule has 25 heavy (non-hydrogen) atoms. The number of nitrogens with one attached hydrogen (secondary N) is 1. The van der Waals surface area contributed by atoms with Crippen molar-refractivity contribution in [1.29, 1.82) is 0 Å². The van der Waals surface area contributed by atoms with Gasteiger partial charge in [-0.1, -0.05) is 23.8 Å². The number of carbonyl (C=O) groups is 1. The summed E-state index contributed by atoms with van der Waals surface area (Å²) >= 11 is 0. The van der Waals surface area contributed by atoms with Gasteiger partial charge < -0.3 is 4.90 Å². The molecule has 0 bridgehead atoms. The first-order chi connectivity index (χ1) is 11.8. The molecule has 1 N–H and O–H groups in total. The van der Waals surface area contributed by atoms with Crippen LogP contribution in [0.15, 0.2) is 47.4 Å². The van der Waals surface area contributed by atoms with Gasteiger partial charge in [-0.05, 0) is 62.6 Å². The number of hydrogen-bond acceptors (Lipinski definition) is 3. The topological polar surface area (TPSA) is 66.5 Å². The fourth-order valence-corrected chi connectivity index (χ4v) is 4.53. The van der Waals surface area contributed by atoms with E-state index in [0.29, 0.717) is 13.0 Å². The van der Waals surface area contributed by atoms with Crippen LogP contribution in [-0.4, -0.2) is 26.9 Å². The summed E-state index contributed by atoms with van der Waals surface area (Å²) in [6, 6.07) is 12.1. The molecular formula is C19H22N2O3S. The van der Waals surface area contributed by atoms with Gasteiger partial charge in [0.05, 0.1) is 4.90 Å². The molecule has 1 aliphatic rings. The van der Waals surface area contributed by atoms with Gasteiger partial charge in [0, 0.05) is 12.2 Å². The molecule has 1 atom stereocenters. The second-order valence-electron chi connectivity index (χ2n) is 6.61.